The number of rotatable bonds is 9. The lowest BCUT2D eigenvalue weighted by atomic mass is 10.1. The van der Waals surface area contributed by atoms with Crippen LogP contribution in [0.15, 0.2) is 53.5 Å². The van der Waals surface area contributed by atoms with Crippen LogP contribution in [-0.4, -0.2) is 36.8 Å². The van der Waals surface area contributed by atoms with Gasteiger partial charge >= 0.3 is 0 Å². The van der Waals surface area contributed by atoms with Crippen molar-refractivity contribution in [1.82, 2.24) is 10.6 Å². The third-order valence-corrected chi connectivity index (χ3v) is 4.05. The monoisotopic (exact) mass is 515 g/mol. The maximum absolute atomic E-state index is 13.7. The fraction of sp³-hybridized carbons (Fsp3) is 0.409. The molecule has 0 aliphatic heterocycles. The summed E-state index contributed by atoms with van der Waals surface area (Å²) >= 11 is 0. The zero-order chi connectivity index (χ0) is 20.4. The van der Waals surface area contributed by atoms with Crippen molar-refractivity contribution in [2.75, 3.05) is 19.6 Å². The molecule has 0 spiro atoms. The second-order valence-electron chi connectivity index (χ2n) is 6.74. The molecule has 0 bridgehead atoms. The molecular formula is C22H31FIN3O2. The maximum Gasteiger partial charge on any atom is 0.191 e. The predicted molar refractivity (Wildman–Crippen MR) is 127 cm³/mol. The van der Waals surface area contributed by atoms with Crippen LogP contribution in [0.3, 0.4) is 0 Å². The van der Waals surface area contributed by atoms with Crippen molar-refractivity contribution in [3.63, 3.8) is 0 Å². The van der Waals surface area contributed by atoms with Crippen molar-refractivity contribution in [2.24, 2.45) is 4.99 Å². The van der Waals surface area contributed by atoms with E-state index in [0.717, 1.165) is 11.3 Å². The molecule has 2 aromatic carbocycles. The molecule has 0 heterocycles. The third-order valence-electron chi connectivity index (χ3n) is 4.05. The van der Waals surface area contributed by atoms with E-state index in [0.29, 0.717) is 31.0 Å². The smallest absolute Gasteiger partial charge is 0.191 e. The Balaban J connectivity index is 0.00000420. The zero-order valence-corrected chi connectivity index (χ0v) is 19.5. The fourth-order valence-electron chi connectivity index (χ4n) is 2.68. The molecule has 0 aliphatic rings. The number of benzene rings is 2. The first-order valence-electron chi connectivity index (χ1n) is 9.69. The second kappa shape index (κ2) is 13.4. The largest absolute Gasteiger partial charge is 0.491 e. The summed E-state index contributed by atoms with van der Waals surface area (Å²) in [4.78, 5) is 4.43. The number of aliphatic imine (C=N–C) groups is 1. The van der Waals surface area contributed by atoms with E-state index in [4.69, 9.17) is 4.74 Å². The van der Waals surface area contributed by atoms with Crippen molar-refractivity contribution in [3.8, 4) is 5.75 Å². The molecule has 2 rings (SSSR count). The number of nitrogens with one attached hydrogen (secondary N) is 2. The Morgan fingerprint density at radius 1 is 1.10 bits per heavy atom. The highest BCUT2D eigenvalue weighted by Gasteiger charge is 2.09. The van der Waals surface area contributed by atoms with Gasteiger partial charge in [0.1, 0.15) is 11.6 Å². The van der Waals surface area contributed by atoms with Gasteiger partial charge in [-0.1, -0.05) is 30.3 Å². The summed E-state index contributed by atoms with van der Waals surface area (Å²) in [5.41, 5.74) is 1.44. The molecule has 0 amide bonds. The van der Waals surface area contributed by atoms with E-state index in [1.165, 1.54) is 6.07 Å². The zero-order valence-electron chi connectivity index (χ0n) is 17.2. The molecule has 1 atom stereocenters. The number of ether oxygens (including phenoxy) is 1. The molecule has 0 aromatic heterocycles. The minimum atomic E-state index is -0.713. The van der Waals surface area contributed by atoms with Gasteiger partial charge in [0.05, 0.1) is 18.8 Å². The van der Waals surface area contributed by atoms with Crippen molar-refractivity contribution in [2.45, 2.75) is 39.4 Å². The van der Waals surface area contributed by atoms with Crippen molar-refractivity contribution >= 4 is 29.9 Å². The van der Waals surface area contributed by atoms with Gasteiger partial charge in [-0.05, 0) is 56.5 Å². The van der Waals surface area contributed by atoms with Crippen LogP contribution in [0.2, 0.25) is 0 Å². The Labute approximate surface area is 189 Å². The lowest BCUT2D eigenvalue weighted by Gasteiger charge is -2.14. The molecule has 5 nitrogen and oxygen atoms in total. The number of aliphatic hydroxyl groups is 1. The number of guanidine groups is 1. The Morgan fingerprint density at radius 3 is 2.41 bits per heavy atom. The van der Waals surface area contributed by atoms with Crippen LogP contribution >= 0.6 is 24.0 Å². The first-order chi connectivity index (χ1) is 13.5. The average molecular weight is 515 g/mol. The lowest BCUT2D eigenvalue weighted by molar-refractivity contribution is 0.186. The topological polar surface area (TPSA) is 65.9 Å². The number of hydrogen-bond acceptors (Lipinski definition) is 3. The molecule has 0 saturated heterocycles. The van der Waals surface area contributed by atoms with E-state index in [1.54, 1.807) is 12.1 Å². The van der Waals surface area contributed by atoms with Crippen molar-refractivity contribution < 1.29 is 14.2 Å². The van der Waals surface area contributed by atoms with E-state index in [9.17, 15) is 9.50 Å². The van der Waals surface area contributed by atoms with Gasteiger partial charge in [-0.25, -0.2) is 4.39 Å². The van der Waals surface area contributed by atoms with Crippen LogP contribution in [0.5, 0.6) is 5.75 Å². The Morgan fingerprint density at radius 2 is 1.79 bits per heavy atom. The van der Waals surface area contributed by atoms with Gasteiger partial charge in [0.2, 0.25) is 0 Å². The highest BCUT2D eigenvalue weighted by molar-refractivity contribution is 14.0. The lowest BCUT2D eigenvalue weighted by Crippen LogP contribution is -2.38. The summed E-state index contributed by atoms with van der Waals surface area (Å²) in [5.74, 6) is 1.17. The van der Waals surface area contributed by atoms with Crippen LogP contribution in [-0.2, 0) is 6.42 Å². The molecule has 2 aromatic rings. The summed E-state index contributed by atoms with van der Waals surface area (Å²) < 4.78 is 19.3. The minimum absolute atomic E-state index is 0. The summed E-state index contributed by atoms with van der Waals surface area (Å²) in [6.45, 7) is 7.38. The van der Waals surface area contributed by atoms with Gasteiger partial charge in [0, 0.05) is 13.1 Å². The standard InChI is InChI=1S/C22H30FN3O2.HI/c1-4-24-22(25-14-13-17-7-5-6-8-20(17)23)26-15-21(27)18-9-11-19(12-10-18)28-16(2)3;/h5-12,16,21,27H,4,13-15H2,1-3H3,(H2,24,25,26);1H. The van der Waals surface area contributed by atoms with Gasteiger partial charge in [-0.2, -0.15) is 0 Å². The van der Waals surface area contributed by atoms with E-state index >= 15 is 0 Å². The molecule has 0 aliphatic carbocycles. The second-order valence-corrected chi connectivity index (χ2v) is 6.74. The Kier molecular flexibility index (Phi) is 11.6. The Hall–Kier alpha value is -1.87. The number of nitrogens with zero attached hydrogens (tertiary/aromatic N) is 1. The number of hydrogen-bond donors (Lipinski definition) is 3. The predicted octanol–water partition coefficient (Wildman–Crippen LogP) is 4.06. The highest BCUT2D eigenvalue weighted by atomic mass is 127. The van der Waals surface area contributed by atoms with E-state index < -0.39 is 6.10 Å². The number of aliphatic hydroxyl groups excluding tert-OH is 1. The summed E-state index contributed by atoms with van der Waals surface area (Å²) in [5, 5.41) is 16.7. The van der Waals surface area contributed by atoms with Crippen LogP contribution in [0.25, 0.3) is 0 Å². The van der Waals surface area contributed by atoms with Crippen molar-refractivity contribution in [3.05, 3.63) is 65.5 Å². The van der Waals surface area contributed by atoms with Gasteiger partial charge in [-0.15, -0.1) is 24.0 Å². The van der Waals surface area contributed by atoms with Crippen LogP contribution in [0.4, 0.5) is 4.39 Å². The van der Waals surface area contributed by atoms with Gasteiger partial charge in [0.25, 0.3) is 0 Å². The van der Waals surface area contributed by atoms with Crippen LogP contribution in [0.1, 0.15) is 38.0 Å². The molecule has 0 saturated carbocycles. The number of halogens is 2. The SMILES string of the molecule is CCNC(=NCC(O)c1ccc(OC(C)C)cc1)NCCc1ccccc1F.I. The maximum atomic E-state index is 13.7. The van der Waals surface area contributed by atoms with E-state index in [-0.39, 0.29) is 42.4 Å². The van der Waals surface area contributed by atoms with Gasteiger partial charge in [-0.3, -0.25) is 4.99 Å². The first-order valence-corrected chi connectivity index (χ1v) is 9.69. The van der Waals surface area contributed by atoms with E-state index in [2.05, 4.69) is 15.6 Å². The molecule has 0 fully saturated rings. The summed E-state index contributed by atoms with van der Waals surface area (Å²) in [6.07, 6.45) is -0.0506. The van der Waals surface area contributed by atoms with Gasteiger partial charge in [0.15, 0.2) is 5.96 Å². The minimum Gasteiger partial charge on any atom is -0.491 e. The third kappa shape index (κ3) is 8.99. The molecule has 7 heteroatoms. The quantitative estimate of drug-likeness (QED) is 0.268. The average Bonchev–Trinajstić information content (AvgIpc) is 2.67. The molecule has 160 valence electrons. The summed E-state index contributed by atoms with van der Waals surface area (Å²) in [6, 6.07) is 14.1. The molecular weight excluding hydrogens is 484 g/mol. The molecule has 1 unspecified atom stereocenters. The van der Waals surface area contributed by atoms with Crippen LogP contribution < -0.4 is 15.4 Å². The van der Waals surface area contributed by atoms with Crippen LogP contribution in [0, 0.1) is 5.82 Å². The summed E-state index contributed by atoms with van der Waals surface area (Å²) in [7, 11) is 0. The van der Waals surface area contributed by atoms with Crippen molar-refractivity contribution in [1.29, 1.82) is 0 Å². The molecule has 3 N–H and O–H groups in total. The fourth-order valence-corrected chi connectivity index (χ4v) is 2.68. The molecule has 29 heavy (non-hydrogen) atoms. The van der Waals surface area contributed by atoms with Gasteiger partial charge < -0.3 is 20.5 Å². The Bertz CT molecular complexity index is 754. The molecule has 0 radical (unpaired) electrons. The van der Waals surface area contributed by atoms with E-state index in [1.807, 2.05) is 51.1 Å². The first kappa shape index (κ1) is 25.2. The highest BCUT2D eigenvalue weighted by Crippen LogP contribution is 2.19. The normalized spacial score (nSPS) is 12.3.